The summed E-state index contributed by atoms with van der Waals surface area (Å²) in [7, 11) is 4.02. The van der Waals surface area contributed by atoms with Crippen molar-refractivity contribution in [1.29, 1.82) is 0 Å². The van der Waals surface area contributed by atoms with E-state index in [1.165, 1.54) is 31.4 Å². The van der Waals surface area contributed by atoms with Crippen molar-refractivity contribution in [2.75, 3.05) is 7.05 Å². The van der Waals surface area contributed by atoms with Gasteiger partial charge in [0, 0.05) is 13.2 Å². The molecule has 1 saturated carbocycles. The van der Waals surface area contributed by atoms with E-state index in [1.54, 1.807) is 0 Å². The van der Waals surface area contributed by atoms with E-state index >= 15 is 0 Å². The van der Waals surface area contributed by atoms with Gasteiger partial charge >= 0.3 is 0 Å². The molecule has 2 rings (SSSR count). The fourth-order valence-electron chi connectivity index (χ4n) is 2.91. The fourth-order valence-corrected chi connectivity index (χ4v) is 2.91. The lowest BCUT2D eigenvalue weighted by Gasteiger charge is -2.32. The number of nitrogens with one attached hydrogen (secondary N) is 1. The van der Waals surface area contributed by atoms with E-state index in [1.807, 2.05) is 25.0 Å². The van der Waals surface area contributed by atoms with E-state index in [2.05, 4.69) is 23.4 Å². The third-order valence-corrected chi connectivity index (χ3v) is 3.76. The molecule has 1 fully saturated rings. The van der Waals surface area contributed by atoms with Crippen molar-refractivity contribution in [1.82, 2.24) is 15.1 Å². The highest BCUT2D eigenvalue weighted by atomic mass is 15.3. The second kappa shape index (κ2) is 3.97. The van der Waals surface area contributed by atoms with Gasteiger partial charge in [0.15, 0.2) is 0 Å². The van der Waals surface area contributed by atoms with Crippen LogP contribution in [-0.2, 0) is 7.05 Å². The van der Waals surface area contributed by atoms with Gasteiger partial charge in [-0.1, -0.05) is 19.8 Å². The van der Waals surface area contributed by atoms with E-state index in [-0.39, 0.29) is 0 Å². The molecule has 0 aliphatic heterocycles. The highest BCUT2D eigenvalue weighted by molar-refractivity contribution is 5.11. The zero-order valence-electron chi connectivity index (χ0n) is 9.95. The van der Waals surface area contributed by atoms with Crippen LogP contribution in [0.5, 0.6) is 0 Å². The Morgan fingerprint density at radius 2 is 2.13 bits per heavy atom. The molecule has 1 N–H and O–H groups in total. The topological polar surface area (TPSA) is 29.9 Å². The predicted octanol–water partition coefficient (Wildman–Crippen LogP) is 2.26. The van der Waals surface area contributed by atoms with Crippen LogP contribution in [0.25, 0.3) is 0 Å². The van der Waals surface area contributed by atoms with Crippen molar-refractivity contribution in [3.8, 4) is 0 Å². The molecule has 1 unspecified atom stereocenters. The maximum atomic E-state index is 4.53. The first-order valence-electron chi connectivity index (χ1n) is 5.82. The van der Waals surface area contributed by atoms with Crippen LogP contribution in [0.4, 0.5) is 0 Å². The van der Waals surface area contributed by atoms with Crippen LogP contribution >= 0.6 is 0 Å². The van der Waals surface area contributed by atoms with Gasteiger partial charge < -0.3 is 5.32 Å². The number of rotatable bonds is 3. The molecule has 0 bridgehead atoms. The third-order valence-electron chi connectivity index (χ3n) is 3.76. The lowest BCUT2D eigenvalue weighted by atomic mass is 9.79. The summed E-state index contributed by atoms with van der Waals surface area (Å²) >= 11 is 0. The first-order chi connectivity index (χ1) is 7.15. The Morgan fingerprint density at radius 1 is 1.47 bits per heavy atom. The van der Waals surface area contributed by atoms with Crippen LogP contribution in [0.1, 0.15) is 44.3 Å². The smallest absolute Gasteiger partial charge is 0.0799 e. The lowest BCUT2D eigenvalue weighted by Crippen LogP contribution is -2.32. The van der Waals surface area contributed by atoms with Gasteiger partial charge in [0.05, 0.1) is 11.7 Å². The van der Waals surface area contributed by atoms with E-state index in [9.17, 15) is 0 Å². The summed E-state index contributed by atoms with van der Waals surface area (Å²) in [4.78, 5) is 0. The predicted molar refractivity (Wildman–Crippen MR) is 61.6 cm³/mol. The van der Waals surface area contributed by atoms with Gasteiger partial charge in [-0.15, -0.1) is 0 Å². The number of hydrogen-bond acceptors (Lipinski definition) is 2. The Bertz CT molecular complexity index is 323. The minimum Gasteiger partial charge on any atom is -0.311 e. The van der Waals surface area contributed by atoms with Gasteiger partial charge in [-0.05, 0) is 31.4 Å². The minimum absolute atomic E-state index is 0.392. The monoisotopic (exact) mass is 207 g/mol. The van der Waals surface area contributed by atoms with Crippen molar-refractivity contribution < 1.29 is 0 Å². The Balaban J connectivity index is 2.23. The molecule has 1 aliphatic carbocycles. The molecule has 0 radical (unpaired) electrons. The highest BCUT2D eigenvalue weighted by Crippen LogP contribution is 2.46. The highest BCUT2D eigenvalue weighted by Gasteiger charge is 2.38. The molecule has 15 heavy (non-hydrogen) atoms. The van der Waals surface area contributed by atoms with Crippen LogP contribution in [0.15, 0.2) is 12.3 Å². The van der Waals surface area contributed by atoms with Crippen molar-refractivity contribution >= 4 is 0 Å². The molecular weight excluding hydrogens is 186 g/mol. The molecule has 1 atom stereocenters. The van der Waals surface area contributed by atoms with E-state index in [0.717, 1.165) is 0 Å². The molecule has 3 heteroatoms. The second-order valence-electron chi connectivity index (χ2n) is 5.00. The third kappa shape index (κ3) is 1.93. The van der Waals surface area contributed by atoms with Crippen LogP contribution < -0.4 is 5.32 Å². The second-order valence-corrected chi connectivity index (χ2v) is 5.00. The fraction of sp³-hybridized carbons (Fsp3) is 0.750. The number of hydrogen-bond donors (Lipinski definition) is 1. The largest absolute Gasteiger partial charge is 0.311 e. The molecule has 1 aromatic heterocycles. The summed E-state index contributed by atoms with van der Waals surface area (Å²) < 4.78 is 1.89. The van der Waals surface area contributed by atoms with Gasteiger partial charge in [0.2, 0.25) is 0 Å². The quantitative estimate of drug-likeness (QED) is 0.824. The maximum Gasteiger partial charge on any atom is 0.0799 e. The van der Waals surface area contributed by atoms with E-state index in [0.29, 0.717) is 11.5 Å². The summed E-state index contributed by atoms with van der Waals surface area (Å²) in [5, 5.41) is 7.96. The average molecular weight is 207 g/mol. The lowest BCUT2D eigenvalue weighted by molar-refractivity contribution is 0.228. The Morgan fingerprint density at radius 3 is 2.60 bits per heavy atom. The first-order valence-corrected chi connectivity index (χ1v) is 5.82. The maximum absolute atomic E-state index is 4.53. The number of aromatic nitrogens is 2. The Kier molecular flexibility index (Phi) is 2.83. The number of nitrogens with zero attached hydrogens (tertiary/aromatic N) is 2. The molecule has 0 spiro atoms. The standard InChI is InChI=1S/C12H21N3/c1-12(7-4-5-8-12)11(13-2)10-6-9-15(3)14-10/h6,9,11,13H,4-5,7-8H2,1-3H3. The molecule has 0 amide bonds. The first kappa shape index (κ1) is 10.7. The molecule has 1 heterocycles. The molecule has 0 saturated heterocycles. The van der Waals surface area contributed by atoms with Crippen LogP contribution in [0, 0.1) is 5.41 Å². The van der Waals surface area contributed by atoms with Crippen molar-refractivity contribution in [2.24, 2.45) is 12.5 Å². The zero-order chi connectivity index (χ0) is 10.9. The van der Waals surface area contributed by atoms with Gasteiger partial charge in [0.25, 0.3) is 0 Å². The molecule has 84 valence electrons. The normalized spacial score (nSPS) is 21.8. The van der Waals surface area contributed by atoms with Crippen LogP contribution in [-0.4, -0.2) is 16.8 Å². The molecule has 1 aliphatic rings. The summed E-state index contributed by atoms with van der Waals surface area (Å²) in [5.41, 5.74) is 1.58. The Labute approximate surface area is 91.9 Å². The van der Waals surface area contributed by atoms with E-state index in [4.69, 9.17) is 0 Å². The SMILES string of the molecule is CNC(c1ccn(C)n1)C1(C)CCCC1. The summed E-state index contributed by atoms with van der Waals surface area (Å²) in [6, 6.07) is 2.53. The van der Waals surface area contributed by atoms with E-state index < -0.39 is 0 Å². The van der Waals surface area contributed by atoms with Crippen molar-refractivity contribution in [3.63, 3.8) is 0 Å². The van der Waals surface area contributed by atoms with Crippen LogP contribution in [0.2, 0.25) is 0 Å². The van der Waals surface area contributed by atoms with Gasteiger partial charge in [-0.2, -0.15) is 5.10 Å². The molecular formula is C12H21N3. The van der Waals surface area contributed by atoms with Crippen molar-refractivity contribution in [2.45, 2.75) is 38.6 Å². The minimum atomic E-state index is 0.392. The van der Waals surface area contributed by atoms with Gasteiger partial charge in [0.1, 0.15) is 0 Å². The zero-order valence-corrected chi connectivity index (χ0v) is 9.95. The van der Waals surface area contributed by atoms with Crippen LogP contribution in [0.3, 0.4) is 0 Å². The summed E-state index contributed by atoms with van der Waals surface area (Å²) in [6.07, 6.45) is 7.38. The Hall–Kier alpha value is -0.830. The summed E-state index contributed by atoms with van der Waals surface area (Å²) in [6.45, 7) is 2.38. The van der Waals surface area contributed by atoms with Gasteiger partial charge in [-0.3, -0.25) is 4.68 Å². The van der Waals surface area contributed by atoms with Gasteiger partial charge in [-0.25, -0.2) is 0 Å². The molecule has 3 nitrogen and oxygen atoms in total. The average Bonchev–Trinajstić information content (AvgIpc) is 2.78. The number of aryl methyl sites for hydroxylation is 1. The van der Waals surface area contributed by atoms with Crippen molar-refractivity contribution in [3.05, 3.63) is 18.0 Å². The molecule has 0 aromatic carbocycles. The molecule has 1 aromatic rings. The summed E-state index contributed by atoms with van der Waals surface area (Å²) in [5.74, 6) is 0.